The maximum absolute atomic E-state index is 13.1. The molecule has 1 aromatic carbocycles. The highest BCUT2D eigenvalue weighted by molar-refractivity contribution is 5.86. The van der Waals surface area contributed by atoms with Crippen LogP contribution in [0.15, 0.2) is 24.3 Å². The third kappa shape index (κ3) is 4.71. The summed E-state index contributed by atoms with van der Waals surface area (Å²) in [5, 5.41) is 11.2. The average molecular weight is 372 g/mol. The van der Waals surface area contributed by atoms with Crippen LogP contribution in [-0.2, 0) is 11.3 Å². The molecule has 5 heteroatoms. The predicted octanol–water partition coefficient (Wildman–Crippen LogP) is 1.88. The summed E-state index contributed by atoms with van der Waals surface area (Å²) >= 11 is 0. The molecule has 1 atom stereocenters. The maximum atomic E-state index is 13.1. The lowest BCUT2D eigenvalue weighted by Crippen LogP contribution is -2.60. The van der Waals surface area contributed by atoms with Gasteiger partial charge in [0.15, 0.2) is 5.60 Å². The maximum Gasteiger partial charge on any atom is 0.256 e. The van der Waals surface area contributed by atoms with Gasteiger partial charge < -0.3 is 14.9 Å². The molecule has 0 bridgehead atoms. The van der Waals surface area contributed by atoms with Gasteiger partial charge in [-0.2, -0.15) is 0 Å². The number of likely N-dealkylation sites (tertiary alicyclic amines) is 1. The number of piperidine rings is 1. The van der Waals surface area contributed by atoms with E-state index in [1.165, 1.54) is 24.9 Å². The third-order valence-electron chi connectivity index (χ3n) is 6.32. The van der Waals surface area contributed by atoms with Crippen LogP contribution in [0.4, 0.5) is 0 Å². The van der Waals surface area contributed by atoms with Crippen molar-refractivity contribution in [2.45, 2.75) is 44.8 Å². The molecule has 3 fully saturated rings. The second-order valence-corrected chi connectivity index (χ2v) is 8.87. The number of amides is 1. The van der Waals surface area contributed by atoms with Gasteiger partial charge in [0.1, 0.15) is 0 Å². The lowest BCUT2D eigenvalue weighted by atomic mass is 9.90. The van der Waals surface area contributed by atoms with Crippen LogP contribution in [0.25, 0.3) is 0 Å². The largest absolute Gasteiger partial charge is 0.379 e. The SMILES string of the molecule is Cc1cccc(CN2CCC[C@@](O)(CN3CCN(CC4CC4)CC3)C2=O)c1. The molecule has 2 aliphatic heterocycles. The Morgan fingerprint density at radius 2 is 1.85 bits per heavy atom. The van der Waals surface area contributed by atoms with Crippen molar-refractivity contribution in [3.8, 4) is 0 Å². The van der Waals surface area contributed by atoms with Gasteiger partial charge in [-0.25, -0.2) is 0 Å². The summed E-state index contributed by atoms with van der Waals surface area (Å²) in [5.74, 6) is 0.839. The molecule has 1 aromatic rings. The van der Waals surface area contributed by atoms with Crippen LogP contribution in [0.1, 0.15) is 36.8 Å². The van der Waals surface area contributed by atoms with E-state index in [9.17, 15) is 9.90 Å². The predicted molar refractivity (Wildman–Crippen MR) is 106 cm³/mol. The molecule has 2 heterocycles. The highest BCUT2D eigenvalue weighted by atomic mass is 16.3. The fraction of sp³-hybridized carbons (Fsp3) is 0.682. The van der Waals surface area contributed by atoms with Crippen molar-refractivity contribution >= 4 is 5.91 Å². The minimum absolute atomic E-state index is 0.0873. The van der Waals surface area contributed by atoms with E-state index < -0.39 is 5.60 Å². The smallest absolute Gasteiger partial charge is 0.256 e. The fourth-order valence-electron chi connectivity index (χ4n) is 4.56. The van der Waals surface area contributed by atoms with Crippen molar-refractivity contribution in [2.75, 3.05) is 45.8 Å². The Labute approximate surface area is 162 Å². The number of hydrogen-bond acceptors (Lipinski definition) is 4. The van der Waals surface area contributed by atoms with Gasteiger partial charge in [0.25, 0.3) is 5.91 Å². The van der Waals surface area contributed by atoms with Crippen LogP contribution in [0, 0.1) is 12.8 Å². The highest BCUT2D eigenvalue weighted by Crippen LogP contribution is 2.30. The van der Waals surface area contributed by atoms with Crippen LogP contribution >= 0.6 is 0 Å². The number of benzene rings is 1. The van der Waals surface area contributed by atoms with Gasteiger partial charge >= 0.3 is 0 Å². The Hall–Kier alpha value is -1.43. The van der Waals surface area contributed by atoms with Crippen LogP contribution in [0.2, 0.25) is 0 Å². The molecule has 148 valence electrons. The van der Waals surface area contributed by atoms with Gasteiger partial charge in [0.05, 0.1) is 0 Å². The van der Waals surface area contributed by atoms with Crippen LogP contribution in [0.5, 0.6) is 0 Å². The molecule has 27 heavy (non-hydrogen) atoms. The van der Waals surface area contributed by atoms with Crippen molar-refractivity contribution in [3.63, 3.8) is 0 Å². The minimum atomic E-state index is -1.22. The van der Waals surface area contributed by atoms with E-state index in [0.29, 0.717) is 19.5 Å². The molecular formula is C22H33N3O2. The van der Waals surface area contributed by atoms with E-state index in [0.717, 1.165) is 50.6 Å². The van der Waals surface area contributed by atoms with Gasteiger partial charge in [0.2, 0.25) is 0 Å². The Kier molecular flexibility index (Phi) is 5.53. The number of aryl methyl sites for hydroxylation is 1. The molecule has 3 aliphatic rings. The standard InChI is InChI=1S/C22H33N3O2/c1-18-4-2-5-20(14-18)16-25-9-3-8-22(27,21(25)26)17-24-12-10-23(11-13-24)15-19-6-7-19/h2,4-5,14,19,27H,3,6-13,15-17H2,1H3/t22-/m1/s1. The summed E-state index contributed by atoms with van der Waals surface area (Å²) < 4.78 is 0. The first-order valence-corrected chi connectivity index (χ1v) is 10.5. The summed E-state index contributed by atoms with van der Waals surface area (Å²) in [6.07, 6.45) is 4.24. The van der Waals surface area contributed by atoms with Gasteiger partial charge in [-0.3, -0.25) is 9.69 Å². The molecule has 0 aromatic heterocycles. The van der Waals surface area contributed by atoms with E-state index in [1.54, 1.807) is 0 Å². The molecule has 0 spiro atoms. The number of carbonyl (C=O) groups excluding carboxylic acids is 1. The number of rotatable bonds is 6. The lowest BCUT2D eigenvalue weighted by Gasteiger charge is -2.43. The Morgan fingerprint density at radius 1 is 1.11 bits per heavy atom. The van der Waals surface area contributed by atoms with E-state index in [4.69, 9.17) is 0 Å². The van der Waals surface area contributed by atoms with Gasteiger partial charge in [-0.05, 0) is 44.1 Å². The number of carbonyl (C=O) groups is 1. The first-order valence-electron chi connectivity index (χ1n) is 10.5. The second-order valence-electron chi connectivity index (χ2n) is 8.87. The van der Waals surface area contributed by atoms with E-state index in [2.05, 4.69) is 34.9 Å². The van der Waals surface area contributed by atoms with Gasteiger partial charge in [-0.1, -0.05) is 29.8 Å². The van der Waals surface area contributed by atoms with E-state index in [-0.39, 0.29) is 5.91 Å². The van der Waals surface area contributed by atoms with Crippen molar-refractivity contribution in [3.05, 3.63) is 35.4 Å². The van der Waals surface area contributed by atoms with Crippen LogP contribution < -0.4 is 0 Å². The fourth-order valence-corrected chi connectivity index (χ4v) is 4.56. The number of hydrogen-bond donors (Lipinski definition) is 1. The summed E-state index contributed by atoms with van der Waals surface area (Å²) in [7, 11) is 0. The zero-order valence-corrected chi connectivity index (χ0v) is 16.6. The molecule has 1 amide bonds. The second kappa shape index (κ2) is 7.90. The molecule has 1 saturated carbocycles. The molecule has 0 radical (unpaired) electrons. The zero-order valence-electron chi connectivity index (χ0n) is 16.6. The van der Waals surface area contributed by atoms with Crippen molar-refractivity contribution in [1.29, 1.82) is 0 Å². The molecule has 2 saturated heterocycles. The summed E-state index contributed by atoms with van der Waals surface area (Å²) in [4.78, 5) is 19.8. The first kappa shape index (κ1) is 18.9. The normalized spacial score (nSPS) is 27.9. The van der Waals surface area contributed by atoms with Crippen molar-refractivity contribution in [2.24, 2.45) is 5.92 Å². The third-order valence-corrected chi connectivity index (χ3v) is 6.32. The average Bonchev–Trinajstić information content (AvgIpc) is 3.45. The van der Waals surface area contributed by atoms with Crippen LogP contribution in [-0.4, -0.2) is 77.1 Å². The molecule has 1 N–H and O–H groups in total. The number of nitrogens with zero attached hydrogens (tertiary/aromatic N) is 3. The van der Waals surface area contributed by atoms with Crippen LogP contribution in [0.3, 0.4) is 0 Å². The summed E-state index contributed by atoms with van der Waals surface area (Å²) in [6, 6.07) is 8.29. The topological polar surface area (TPSA) is 47.0 Å². The molecule has 1 aliphatic carbocycles. The number of aliphatic hydroxyl groups is 1. The molecule has 0 unspecified atom stereocenters. The lowest BCUT2D eigenvalue weighted by molar-refractivity contribution is -0.160. The Morgan fingerprint density at radius 3 is 2.56 bits per heavy atom. The van der Waals surface area contributed by atoms with Gasteiger partial charge in [-0.15, -0.1) is 0 Å². The van der Waals surface area contributed by atoms with E-state index in [1.807, 2.05) is 11.0 Å². The minimum Gasteiger partial charge on any atom is -0.379 e. The molecule has 4 rings (SSSR count). The van der Waals surface area contributed by atoms with Gasteiger partial charge in [0, 0.05) is 52.4 Å². The molecular weight excluding hydrogens is 338 g/mol. The summed E-state index contributed by atoms with van der Waals surface area (Å²) in [5.41, 5.74) is 1.12. The molecule has 5 nitrogen and oxygen atoms in total. The summed E-state index contributed by atoms with van der Waals surface area (Å²) in [6.45, 7) is 9.17. The zero-order chi connectivity index (χ0) is 18.9. The van der Waals surface area contributed by atoms with E-state index >= 15 is 0 Å². The first-order chi connectivity index (χ1) is 13.0. The number of β-amino-alcohol motifs (C(OH)–C–C–N with tert-alkyl or cyclic N) is 1. The van der Waals surface area contributed by atoms with Crippen molar-refractivity contribution in [1.82, 2.24) is 14.7 Å². The Balaban J connectivity index is 1.33. The van der Waals surface area contributed by atoms with Crippen molar-refractivity contribution < 1.29 is 9.90 Å². The highest BCUT2D eigenvalue weighted by Gasteiger charge is 2.43. The number of piperazine rings is 1. The Bertz CT molecular complexity index is 667. The monoisotopic (exact) mass is 371 g/mol. The quantitative estimate of drug-likeness (QED) is 0.829.